The topological polar surface area (TPSA) is 103 Å². The third-order valence-electron chi connectivity index (χ3n) is 3.77. The van der Waals surface area contributed by atoms with Gasteiger partial charge >= 0.3 is 11.7 Å². The van der Waals surface area contributed by atoms with Gasteiger partial charge in [-0.05, 0) is 81.9 Å². The van der Waals surface area contributed by atoms with Crippen molar-refractivity contribution in [3.05, 3.63) is 69.9 Å². The van der Waals surface area contributed by atoms with Crippen molar-refractivity contribution in [1.82, 2.24) is 9.66 Å². The van der Waals surface area contributed by atoms with Gasteiger partial charge in [-0.2, -0.15) is 5.10 Å². The van der Waals surface area contributed by atoms with Crippen molar-refractivity contribution >= 4 is 68.3 Å². The van der Waals surface area contributed by atoms with Gasteiger partial charge in [-0.25, -0.2) is 9.59 Å². The van der Waals surface area contributed by atoms with Crippen molar-refractivity contribution in [2.75, 3.05) is 13.2 Å². The van der Waals surface area contributed by atoms with Gasteiger partial charge in [-0.1, -0.05) is 12.1 Å². The molecule has 2 aromatic carbocycles. The number of nitrogens with zero attached hydrogens (tertiary/aromatic N) is 2. The minimum Gasteiger partial charge on any atom is -0.480 e. The molecule has 8 nitrogen and oxygen atoms in total. The smallest absolute Gasteiger partial charge is 0.349 e. The minimum absolute atomic E-state index is 0.185. The fourth-order valence-corrected chi connectivity index (χ4v) is 4.64. The van der Waals surface area contributed by atoms with Crippen LogP contribution in [0.2, 0.25) is 0 Å². The fourth-order valence-electron chi connectivity index (χ4n) is 2.51. The number of fused-ring (bicyclic) bond motifs is 1. The second-order valence-electron chi connectivity index (χ2n) is 5.74. The number of H-pyrrole nitrogens is 1. The molecule has 0 saturated carbocycles. The molecule has 1 N–H and O–H groups in total. The largest absolute Gasteiger partial charge is 0.480 e. The number of aromatic nitrogens is 2. The summed E-state index contributed by atoms with van der Waals surface area (Å²) in [5.74, 6) is 0.108. The molecule has 0 atom stereocenters. The van der Waals surface area contributed by atoms with E-state index in [1.165, 1.54) is 6.21 Å². The molecule has 10 heteroatoms. The van der Waals surface area contributed by atoms with Gasteiger partial charge in [0.15, 0.2) is 6.61 Å². The first kappa shape index (κ1) is 21.5. The summed E-state index contributed by atoms with van der Waals surface area (Å²) in [4.78, 5) is 38.8. The lowest BCUT2D eigenvalue weighted by Crippen LogP contribution is -2.32. The van der Waals surface area contributed by atoms with Crippen molar-refractivity contribution in [3.8, 4) is 5.75 Å². The maximum absolute atomic E-state index is 12.5. The molecule has 0 aliphatic heterocycles. The molecular weight excluding hydrogens is 604 g/mol. The summed E-state index contributed by atoms with van der Waals surface area (Å²) in [6, 6.07) is 10.3. The Hall–Kier alpha value is -2.22. The number of halogens is 2. The van der Waals surface area contributed by atoms with Gasteiger partial charge in [-0.15, -0.1) is 4.68 Å². The van der Waals surface area contributed by atoms with Gasteiger partial charge in [-0.3, -0.25) is 4.79 Å². The summed E-state index contributed by atoms with van der Waals surface area (Å²) in [5.41, 5.74) is 0.00556. The second-order valence-corrected chi connectivity index (χ2v) is 8.07. The quantitative estimate of drug-likeness (QED) is 0.260. The molecule has 0 saturated heterocycles. The highest BCUT2D eigenvalue weighted by atomic mass is 127. The molecule has 0 bridgehead atoms. The Balaban J connectivity index is 1.88. The number of hydrogen-bond donors (Lipinski definition) is 1. The molecule has 0 amide bonds. The number of ether oxygens (including phenoxy) is 2. The van der Waals surface area contributed by atoms with Gasteiger partial charge in [0.05, 0.1) is 30.9 Å². The molecule has 1 aromatic heterocycles. The summed E-state index contributed by atoms with van der Waals surface area (Å²) >= 11 is 4.16. The monoisotopic (exact) mass is 619 g/mol. The third-order valence-corrected chi connectivity index (χ3v) is 5.37. The highest BCUT2D eigenvalue weighted by molar-refractivity contribution is 14.1. The molecule has 1 heterocycles. The number of carbonyl (C=O) groups is 1. The summed E-state index contributed by atoms with van der Waals surface area (Å²) in [7, 11) is 0. The van der Waals surface area contributed by atoms with E-state index in [0.29, 0.717) is 28.8 Å². The average Bonchev–Trinajstić information content (AvgIpc) is 2.67. The lowest BCUT2D eigenvalue weighted by atomic mass is 10.2. The summed E-state index contributed by atoms with van der Waals surface area (Å²) in [5, 5.41) is 4.42. The van der Waals surface area contributed by atoms with E-state index in [4.69, 9.17) is 9.47 Å². The molecule has 0 spiro atoms. The maximum atomic E-state index is 12.5. The van der Waals surface area contributed by atoms with E-state index < -0.39 is 17.2 Å². The molecule has 0 aliphatic carbocycles. The standard InChI is InChI=1S/C19H15I2N3O5/c1-2-28-16(25)10-29-17-13(20)7-11(8-14(17)21)9-22-24-18(26)12-5-3-4-6-15(12)23-19(24)27/h3-9H,2,10H2,1H3,(H,23,27). The molecule has 150 valence electrons. The van der Waals surface area contributed by atoms with E-state index in [1.54, 1.807) is 43.3 Å². The Morgan fingerprint density at radius 1 is 1.21 bits per heavy atom. The van der Waals surface area contributed by atoms with Crippen LogP contribution in [-0.2, 0) is 9.53 Å². The zero-order valence-corrected chi connectivity index (χ0v) is 19.5. The summed E-state index contributed by atoms with van der Waals surface area (Å²) < 4.78 is 12.7. The fraction of sp³-hybridized carbons (Fsp3) is 0.158. The normalized spacial score (nSPS) is 11.1. The van der Waals surface area contributed by atoms with Gasteiger partial charge in [0.1, 0.15) is 5.75 Å². The van der Waals surface area contributed by atoms with E-state index in [1.807, 2.05) is 0 Å². The minimum atomic E-state index is -0.622. The summed E-state index contributed by atoms with van der Waals surface area (Å²) in [6.07, 6.45) is 1.42. The number of aromatic amines is 1. The molecule has 0 fully saturated rings. The second kappa shape index (κ2) is 9.52. The van der Waals surface area contributed by atoms with Crippen LogP contribution in [0.3, 0.4) is 0 Å². The van der Waals surface area contributed by atoms with Crippen LogP contribution in [0.1, 0.15) is 12.5 Å². The molecule has 0 aliphatic rings. The SMILES string of the molecule is CCOC(=O)COc1c(I)cc(C=Nn2c(=O)[nH]c3ccccc3c2=O)cc1I. The Morgan fingerprint density at radius 3 is 2.59 bits per heavy atom. The van der Waals surface area contributed by atoms with Crippen LogP contribution >= 0.6 is 45.2 Å². The average molecular weight is 619 g/mol. The molecule has 3 rings (SSSR count). The van der Waals surface area contributed by atoms with E-state index in [-0.39, 0.29) is 6.61 Å². The third kappa shape index (κ3) is 5.04. The first-order valence-corrected chi connectivity index (χ1v) is 10.6. The zero-order valence-electron chi connectivity index (χ0n) is 15.1. The van der Waals surface area contributed by atoms with Crippen LogP contribution in [0.4, 0.5) is 0 Å². The zero-order chi connectivity index (χ0) is 21.0. The molecule has 0 unspecified atom stereocenters. The van der Waals surface area contributed by atoms with Gasteiger partial charge < -0.3 is 14.5 Å². The Labute approximate surface area is 192 Å². The van der Waals surface area contributed by atoms with Crippen LogP contribution in [0, 0.1) is 7.14 Å². The van der Waals surface area contributed by atoms with Crippen LogP contribution < -0.4 is 16.0 Å². The van der Waals surface area contributed by atoms with E-state index in [9.17, 15) is 14.4 Å². The Morgan fingerprint density at radius 2 is 1.90 bits per heavy atom. The van der Waals surface area contributed by atoms with Crippen LogP contribution in [0.15, 0.2) is 51.1 Å². The number of hydrogen-bond acceptors (Lipinski definition) is 6. The highest BCUT2D eigenvalue weighted by Crippen LogP contribution is 2.28. The van der Waals surface area contributed by atoms with Crippen molar-refractivity contribution in [2.45, 2.75) is 6.92 Å². The number of nitrogens with one attached hydrogen (secondary N) is 1. The highest BCUT2D eigenvalue weighted by Gasteiger charge is 2.12. The van der Waals surface area contributed by atoms with Crippen molar-refractivity contribution in [2.24, 2.45) is 5.10 Å². The Bertz CT molecular complexity index is 1190. The predicted molar refractivity (Wildman–Crippen MR) is 126 cm³/mol. The number of esters is 1. The number of benzene rings is 2. The maximum Gasteiger partial charge on any atom is 0.349 e. The molecule has 0 radical (unpaired) electrons. The van der Waals surface area contributed by atoms with E-state index in [2.05, 4.69) is 55.3 Å². The molecular formula is C19H15I2N3O5. The van der Waals surface area contributed by atoms with Gasteiger partial charge in [0.25, 0.3) is 5.56 Å². The van der Waals surface area contributed by atoms with E-state index in [0.717, 1.165) is 11.8 Å². The van der Waals surface area contributed by atoms with Crippen molar-refractivity contribution < 1.29 is 14.3 Å². The lowest BCUT2D eigenvalue weighted by molar-refractivity contribution is -0.145. The van der Waals surface area contributed by atoms with Crippen LogP contribution in [0.25, 0.3) is 10.9 Å². The first-order valence-electron chi connectivity index (χ1n) is 8.46. The first-order chi connectivity index (χ1) is 13.9. The Kier molecular flexibility index (Phi) is 7.05. The predicted octanol–water partition coefficient (Wildman–Crippen LogP) is 2.72. The summed E-state index contributed by atoms with van der Waals surface area (Å²) in [6.45, 7) is 1.83. The van der Waals surface area contributed by atoms with Crippen LogP contribution in [0.5, 0.6) is 5.75 Å². The number of para-hydroxylation sites is 1. The van der Waals surface area contributed by atoms with E-state index >= 15 is 0 Å². The number of rotatable bonds is 6. The van der Waals surface area contributed by atoms with Crippen molar-refractivity contribution in [3.63, 3.8) is 0 Å². The molecule has 29 heavy (non-hydrogen) atoms. The van der Waals surface area contributed by atoms with Gasteiger partial charge in [0, 0.05) is 0 Å². The van der Waals surface area contributed by atoms with Crippen LogP contribution in [-0.4, -0.2) is 35.1 Å². The number of carbonyl (C=O) groups excluding carboxylic acids is 1. The van der Waals surface area contributed by atoms with Gasteiger partial charge in [0.2, 0.25) is 0 Å². The lowest BCUT2D eigenvalue weighted by Gasteiger charge is -2.10. The molecule has 3 aromatic rings. The van der Waals surface area contributed by atoms with Crippen molar-refractivity contribution in [1.29, 1.82) is 0 Å².